The van der Waals surface area contributed by atoms with Crippen LogP contribution < -0.4 is 5.32 Å². The Hall–Kier alpha value is -0.0800. The Labute approximate surface area is 115 Å². The first-order valence-corrected chi connectivity index (χ1v) is 8.29. The number of hydrogen-bond acceptors (Lipinski definition) is 2. The lowest BCUT2D eigenvalue weighted by atomic mass is 9.95. The number of nitrogens with one attached hydrogen (secondary N) is 1. The third-order valence-electron chi connectivity index (χ3n) is 4.19. The van der Waals surface area contributed by atoms with Crippen LogP contribution in [0.2, 0.25) is 0 Å². The minimum atomic E-state index is 0.983. The maximum Gasteiger partial charge on any atom is 0.000956 e. The molecule has 0 spiro atoms. The van der Waals surface area contributed by atoms with Crippen molar-refractivity contribution >= 4 is 0 Å². The zero-order chi connectivity index (χ0) is 13.1. The van der Waals surface area contributed by atoms with Gasteiger partial charge in [0.15, 0.2) is 0 Å². The molecule has 1 N–H and O–H groups in total. The highest BCUT2D eigenvalue weighted by Gasteiger charge is 2.17. The predicted molar refractivity (Wildman–Crippen MR) is 81.1 cm³/mol. The van der Waals surface area contributed by atoms with E-state index >= 15 is 0 Å². The molecule has 18 heavy (non-hydrogen) atoms. The SMILES string of the molecule is CCCNCCCCCCN1CCCC(CC)C1. The van der Waals surface area contributed by atoms with Gasteiger partial charge in [-0.2, -0.15) is 0 Å². The van der Waals surface area contributed by atoms with E-state index in [0.717, 1.165) is 5.92 Å². The highest BCUT2D eigenvalue weighted by molar-refractivity contribution is 4.71. The first-order valence-electron chi connectivity index (χ1n) is 8.29. The minimum absolute atomic E-state index is 0.983. The van der Waals surface area contributed by atoms with Gasteiger partial charge in [0.2, 0.25) is 0 Å². The molecule has 2 nitrogen and oxygen atoms in total. The van der Waals surface area contributed by atoms with E-state index in [-0.39, 0.29) is 0 Å². The molecule has 1 unspecified atom stereocenters. The Morgan fingerprint density at radius 3 is 2.67 bits per heavy atom. The standard InChI is InChI=1S/C16H34N2/c1-3-11-17-12-7-5-6-8-13-18-14-9-10-16(4-2)15-18/h16-17H,3-15H2,1-2H3. The summed E-state index contributed by atoms with van der Waals surface area (Å²) >= 11 is 0. The van der Waals surface area contributed by atoms with Crippen LogP contribution in [0.15, 0.2) is 0 Å². The van der Waals surface area contributed by atoms with E-state index in [1.807, 2.05) is 0 Å². The Morgan fingerprint density at radius 2 is 1.89 bits per heavy atom. The van der Waals surface area contributed by atoms with Crippen LogP contribution in [0.5, 0.6) is 0 Å². The third kappa shape index (κ3) is 7.38. The summed E-state index contributed by atoms with van der Waals surface area (Å²) in [5.41, 5.74) is 0. The van der Waals surface area contributed by atoms with Crippen LogP contribution in [0.25, 0.3) is 0 Å². The highest BCUT2D eigenvalue weighted by Crippen LogP contribution is 2.19. The van der Waals surface area contributed by atoms with Crippen LogP contribution in [0.1, 0.15) is 65.2 Å². The Bertz CT molecular complexity index is 182. The van der Waals surface area contributed by atoms with Gasteiger partial charge in [0.05, 0.1) is 0 Å². The summed E-state index contributed by atoms with van der Waals surface area (Å²) in [7, 11) is 0. The molecule has 1 aliphatic rings. The minimum Gasteiger partial charge on any atom is -0.317 e. The second-order valence-corrected chi connectivity index (χ2v) is 5.88. The van der Waals surface area contributed by atoms with Crippen molar-refractivity contribution in [1.82, 2.24) is 10.2 Å². The lowest BCUT2D eigenvalue weighted by Crippen LogP contribution is -2.35. The molecule has 0 amide bonds. The molecular formula is C16H34N2. The fraction of sp³-hybridized carbons (Fsp3) is 1.00. The van der Waals surface area contributed by atoms with Crippen LogP contribution in [0.3, 0.4) is 0 Å². The van der Waals surface area contributed by atoms with Crippen LogP contribution in [-0.4, -0.2) is 37.6 Å². The normalized spacial score (nSPS) is 21.3. The Morgan fingerprint density at radius 1 is 1.06 bits per heavy atom. The topological polar surface area (TPSA) is 15.3 Å². The lowest BCUT2D eigenvalue weighted by Gasteiger charge is -2.32. The Kier molecular flexibility index (Phi) is 9.59. The molecule has 0 aromatic heterocycles. The molecule has 0 radical (unpaired) electrons. The van der Waals surface area contributed by atoms with Gasteiger partial charge in [-0.1, -0.05) is 33.1 Å². The van der Waals surface area contributed by atoms with Crippen molar-refractivity contribution in [3.05, 3.63) is 0 Å². The van der Waals surface area contributed by atoms with Crippen molar-refractivity contribution in [2.24, 2.45) is 5.92 Å². The van der Waals surface area contributed by atoms with Crippen LogP contribution in [0, 0.1) is 5.92 Å². The van der Waals surface area contributed by atoms with Gasteiger partial charge < -0.3 is 10.2 Å². The van der Waals surface area contributed by atoms with Gasteiger partial charge in [0.1, 0.15) is 0 Å². The quantitative estimate of drug-likeness (QED) is 0.598. The Balaban J connectivity index is 1.88. The summed E-state index contributed by atoms with van der Waals surface area (Å²) in [4.78, 5) is 2.70. The van der Waals surface area contributed by atoms with Gasteiger partial charge in [-0.05, 0) is 64.2 Å². The number of rotatable bonds is 10. The highest BCUT2D eigenvalue weighted by atomic mass is 15.1. The van der Waals surface area contributed by atoms with E-state index < -0.39 is 0 Å². The molecular weight excluding hydrogens is 220 g/mol. The summed E-state index contributed by atoms with van der Waals surface area (Å²) in [6, 6.07) is 0. The van der Waals surface area contributed by atoms with E-state index in [4.69, 9.17) is 0 Å². The largest absolute Gasteiger partial charge is 0.317 e. The number of hydrogen-bond donors (Lipinski definition) is 1. The van der Waals surface area contributed by atoms with Crippen molar-refractivity contribution in [3.8, 4) is 0 Å². The van der Waals surface area contributed by atoms with Crippen LogP contribution >= 0.6 is 0 Å². The fourth-order valence-electron chi connectivity index (χ4n) is 2.93. The average molecular weight is 254 g/mol. The fourth-order valence-corrected chi connectivity index (χ4v) is 2.93. The maximum atomic E-state index is 3.48. The molecule has 108 valence electrons. The van der Waals surface area contributed by atoms with E-state index in [1.165, 1.54) is 84.1 Å². The molecule has 1 rings (SSSR count). The van der Waals surface area contributed by atoms with Gasteiger partial charge in [-0.15, -0.1) is 0 Å². The second kappa shape index (κ2) is 10.8. The molecule has 0 aromatic rings. The number of unbranched alkanes of at least 4 members (excludes halogenated alkanes) is 3. The number of nitrogens with zero attached hydrogens (tertiary/aromatic N) is 1. The van der Waals surface area contributed by atoms with Gasteiger partial charge in [-0.3, -0.25) is 0 Å². The number of piperidine rings is 1. The second-order valence-electron chi connectivity index (χ2n) is 5.88. The molecule has 1 fully saturated rings. The van der Waals surface area contributed by atoms with Crippen molar-refractivity contribution in [1.29, 1.82) is 0 Å². The van der Waals surface area contributed by atoms with Crippen LogP contribution in [0.4, 0.5) is 0 Å². The van der Waals surface area contributed by atoms with Gasteiger partial charge in [-0.25, -0.2) is 0 Å². The maximum absolute atomic E-state index is 3.48. The molecule has 1 atom stereocenters. The van der Waals surface area contributed by atoms with E-state index in [0.29, 0.717) is 0 Å². The first-order chi connectivity index (χ1) is 8.86. The summed E-state index contributed by atoms with van der Waals surface area (Å²) < 4.78 is 0. The smallest absolute Gasteiger partial charge is 0.000956 e. The van der Waals surface area contributed by atoms with Crippen molar-refractivity contribution < 1.29 is 0 Å². The summed E-state index contributed by atoms with van der Waals surface area (Å²) in [6.07, 6.45) is 11.1. The van der Waals surface area contributed by atoms with E-state index in [9.17, 15) is 0 Å². The van der Waals surface area contributed by atoms with E-state index in [1.54, 1.807) is 0 Å². The van der Waals surface area contributed by atoms with Crippen LogP contribution in [-0.2, 0) is 0 Å². The van der Waals surface area contributed by atoms with E-state index in [2.05, 4.69) is 24.1 Å². The van der Waals surface area contributed by atoms with Crippen molar-refractivity contribution in [2.45, 2.75) is 65.2 Å². The average Bonchev–Trinajstić information content (AvgIpc) is 2.42. The molecule has 0 aliphatic carbocycles. The molecule has 0 aromatic carbocycles. The zero-order valence-corrected chi connectivity index (χ0v) is 12.7. The molecule has 1 aliphatic heterocycles. The molecule has 1 heterocycles. The summed E-state index contributed by atoms with van der Waals surface area (Å²) in [5, 5.41) is 3.48. The summed E-state index contributed by atoms with van der Waals surface area (Å²) in [6.45, 7) is 11.1. The lowest BCUT2D eigenvalue weighted by molar-refractivity contribution is 0.169. The van der Waals surface area contributed by atoms with Gasteiger partial charge in [0, 0.05) is 6.54 Å². The number of likely N-dealkylation sites (tertiary alicyclic amines) is 1. The molecule has 0 saturated carbocycles. The first kappa shape index (κ1) is 16.0. The van der Waals surface area contributed by atoms with Crippen molar-refractivity contribution in [3.63, 3.8) is 0 Å². The third-order valence-corrected chi connectivity index (χ3v) is 4.19. The zero-order valence-electron chi connectivity index (χ0n) is 12.7. The van der Waals surface area contributed by atoms with Crippen molar-refractivity contribution in [2.75, 3.05) is 32.7 Å². The molecule has 2 heteroatoms. The summed E-state index contributed by atoms with van der Waals surface area (Å²) in [5.74, 6) is 0.983. The molecule has 0 bridgehead atoms. The monoisotopic (exact) mass is 254 g/mol. The van der Waals surface area contributed by atoms with Gasteiger partial charge >= 0.3 is 0 Å². The predicted octanol–water partition coefficient (Wildman–Crippen LogP) is 3.67. The molecule has 1 saturated heterocycles. The van der Waals surface area contributed by atoms with Gasteiger partial charge in [0.25, 0.3) is 0 Å².